The molecule has 0 N–H and O–H groups in total. The summed E-state index contributed by atoms with van der Waals surface area (Å²) in [5.74, 6) is 0. The predicted molar refractivity (Wildman–Crippen MR) is 317 cm³/mol. The van der Waals surface area contributed by atoms with E-state index in [1.165, 1.54) is 89.2 Å². The van der Waals surface area contributed by atoms with Crippen molar-refractivity contribution in [3.63, 3.8) is 0 Å². The van der Waals surface area contributed by atoms with Crippen molar-refractivity contribution in [2.24, 2.45) is 0 Å². The number of furan rings is 1. The molecule has 0 fully saturated rings. The first-order chi connectivity index (χ1) is 35.0. The van der Waals surface area contributed by atoms with Crippen LogP contribution in [0.2, 0.25) is 0 Å². The van der Waals surface area contributed by atoms with Gasteiger partial charge in [-0.3, -0.25) is 0 Å². The summed E-state index contributed by atoms with van der Waals surface area (Å²) in [4.78, 5) is 5.15. The first-order valence-electron chi connectivity index (χ1n) is 26.9. The molecule has 4 aliphatic heterocycles. The Hall–Kier alpha value is -7.24. The van der Waals surface area contributed by atoms with Gasteiger partial charge in [-0.15, -0.1) is 0 Å². The van der Waals surface area contributed by atoms with E-state index in [0.717, 1.165) is 44.5 Å². The number of aromatic nitrogens is 1. The highest BCUT2D eigenvalue weighted by atomic mass is 16.3. The molecule has 4 nitrogen and oxygen atoms in total. The SMILES string of the molecule is CC(C)(C)c1ccc(N(c2ccc(C(C)(C)C)cc2)c2cc3c4c(c2)-n2c5c(cc(C(C)(C)C)cc5c5oc6ccccc6c52)B4c2ccc4cc2N3c2ccc(C(C)(C)C)cc2-c2ccc(cc2)C4(C)C)cc1. The molecule has 368 valence electrons. The van der Waals surface area contributed by atoms with E-state index >= 15 is 0 Å². The first kappa shape index (κ1) is 46.5. The zero-order valence-corrected chi connectivity index (χ0v) is 45.8. The predicted octanol–water partition coefficient (Wildman–Crippen LogP) is 17.1. The molecular weight excluding hydrogens is 898 g/mol. The molecule has 5 heteroatoms. The molecule has 0 saturated carbocycles. The van der Waals surface area contributed by atoms with E-state index in [2.05, 4.69) is 269 Å². The van der Waals surface area contributed by atoms with Gasteiger partial charge in [-0.1, -0.05) is 182 Å². The van der Waals surface area contributed by atoms with Crippen LogP contribution in [0.15, 0.2) is 162 Å². The van der Waals surface area contributed by atoms with E-state index in [9.17, 15) is 0 Å². The molecule has 4 bridgehead atoms. The van der Waals surface area contributed by atoms with Crippen molar-refractivity contribution < 1.29 is 4.42 Å². The molecule has 0 amide bonds. The van der Waals surface area contributed by atoms with Gasteiger partial charge in [0.2, 0.25) is 0 Å². The zero-order valence-electron chi connectivity index (χ0n) is 45.8. The molecule has 8 aromatic carbocycles. The van der Waals surface area contributed by atoms with Crippen LogP contribution in [0.1, 0.15) is 130 Å². The van der Waals surface area contributed by atoms with Crippen molar-refractivity contribution in [3.8, 4) is 16.8 Å². The molecule has 0 atom stereocenters. The summed E-state index contributed by atoms with van der Waals surface area (Å²) in [6.45, 7) is 32.5. The topological polar surface area (TPSA) is 24.6 Å². The molecule has 0 spiro atoms. The highest BCUT2D eigenvalue weighted by Gasteiger charge is 2.45. The minimum atomic E-state index is -0.263. The van der Waals surface area contributed by atoms with E-state index in [1.54, 1.807) is 0 Å². The van der Waals surface area contributed by atoms with Crippen LogP contribution in [-0.4, -0.2) is 11.3 Å². The molecule has 14 rings (SSSR count). The Morgan fingerprint density at radius 2 is 1.03 bits per heavy atom. The summed E-state index contributed by atoms with van der Waals surface area (Å²) in [6.07, 6.45) is 0. The quantitative estimate of drug-likeness (QED) is 0.165. The van der Waals surface area contributed by atoms with Gasteiger partial charge >= 0.3 is 0 Å². The zero-order chi connectivity index (χ0) is 51.8. The lowest BCUT2D eigenvalue weighted by Gasteiger charge is -2.43. The number of hydrogen-bond acceptors (Lipinski definition) is 3. The average molecular weight is 966 g/mol. The minimum absolute atomic E-state index is 0.00471. The van der Waals surface area contributed by atoms with E-state index in [0.29, 0.717) is 0 Å². The fourth-order valence-electron chi connectivity index (χ4n) is 12.5. The molecular formula is C69H68BN3O. The summed E-state index contributed by atoms with van der Waals surface area (Å²) >= 11 is 0. The molecule has 6 heterocycles. The Bertz CT molecular complexity index is 3890. The average Bonchev–Trinajstić information content (AvgIpc) is 3.93. The maximum atomic E-state index is 7.09. The van der Waals surface area contributed by atoms with Crippen LogP contribution in [-0.2, 0) is 27.1 Å². The van der Waals surface area contributed by atoms with E-state index in [4.69, 9.17) is 4.42 Å². The van der Waals surface area contributed by atoms with Gasteiger partial charge in [0.1, 0.15) is 11.1 Å². The number of para-hydroxylation sites is 1. The summed E-state index contributed by atoms with van der Waals surface area (Å²) in [5, 5.41) is 2.28. The van der Waals surface area contributed by atoms with Crippen LogP contribution < -0.4 is 26.2 Å². The summed E-state index contributed by atoms with van der Waals surface area (Å²) in [6, 6.07) is 61.4. The van der Waals surface area contributed by atoms with Crippen molar-refractivity contribution in [2.45, 2.75) is 124 Å². The largest absolute Gasteiger partial charge is 0.454 e. The monoisotopic (exact) mass is 966 g/mol. The van der Waals surface area contributed by atoms with Crippen LogP contribution >= 0.6 is 0 Å². The molecule has 2 aromatic heterocycles. The number of fused-ring (bicyclic) bond motifs is 10. The van der Waals surface area contributed by atoms with Gasteiger partial charge in [-0.05, 0) is 150 Å². The third-order valence-electron chi connectivity index (χ3n) is 17.0. The van der Waals surface area contributed by atoms with E-state index in [-0.39, 0.29) is 33.8 Å². The number of benzene rings is 8. The van der Waals surface area contributed by atoms with Gasteiger partial charge < -0.3 is 18.8 Å². The Morgan fingerprint density at radius 3 is 1.65 bits per heavy atom. The Kier molecular flexibility index (Phi) is 9.70. The number of anilines is 6. The molecule has 0 radical (unpaired) electrons. The van der Waals surface area contributed by atoms with Crippen LogP contribution in [0.5, 0.6) is 0 Å². The summed E-state index contributed by atoms with van der Waals surface area (Å²) in [5.41, 5.74) is 26.0. The number of nitrogens with zero attached hydrogens (tertiary/aromatic N) is 3. The number of rotatable bonds is 3. The Morgan fingerprint density at radius 1 is 0.446 bits per heavy atom. The molecule has 0 unspecified atom stereocenters. The third-order valence-corrected chi connectivity index (χ3v) is 17.0. The standard InChI is InChI=1S/C69H68BN3O/c1-65(2,3)42-23-29-48(30-24-42)71(49-31-25-43(26-32-49)66(4,5)6)50-39-58-61-59(40-50)73-62-53(64-63(73)51-17-15-16-18-60(51)74-64)36-47(68(10,11)12)37-55(62)70(61)54-33-27-46-38-57(54)72(58)56-34-28-45(67(7,8)9)35-52(56)41-19-21-44(22-20-41)69(46,13)14/h15-40H,1-14H3. The van der Waals surface area contributed by atoms with Crippen molar-refractivity contribution in [3.05, 3.63) is 191 Å². The highest BCUT2D eigenvalue weighted by molar-refractivity contribution is 7.00. The maximum Gasteiger partial charge on any atom is 0.252 e. The van der Waals surface area contributed by atoms with Crippen molar-refractivity contribution >= 4 is 90.2 Å². The minimum Gasteiger partial charge on any atom is -0.454 e. The van der Waals surface area contributed by atoms with Crippen molar-refractivity contribution in [1.82, 2.24) is 4.57 Å². The van der Waals surface area contributed by atoms with Crippen molar-refractivity contribution in [1.29, 1.82) is 0 Å². The summed E-state index contributed by atoms with van der Waals surface area (Å²) < 4.78 is 9.69. The second-order valence-corrected chi connectivity index (χ2v) is 26.4. The van der Waals surface area contributed by atoms with Gasteiger partial charge in [0, 0.05) is 50.2 Å². The summed E-state index contributed by atoms with van der Waals surface area (Å²) in [7, 11) is 0. The van der Waals surface area contributed by atoms with Crippen LogP contribution in [0, 0.1) is 0 Å². The fourth-order valence-corrected chi connectivity index (χ4v) is 12.5. The molecule has 0 aliphatic carbocycles. The second-order valence-electron chi connectivity index (χ2n) is 26.4. The molecule has 4 aliphatic rings. The van der Waals surface area contributed by atoms with Crippen LogP contribution in [0.4, 0.5) is 34.1 Å². The highest BCUT2D eigenvalue weighted by Crippen LogP contribution is 2.51. The maximum absolute atomic E-state index is 7.09. The van der Waals surface area contributed by atoms with Gasteiger partial charge in [0.15, 0.2) is 5.58 Å². The molecule has 0 saturated heterocycles. The van der Waals surface area contributed by atoms with E-state index in [1.807, 2.05) is 0 Å². The van der Waals surface area contributed by atoms with Crippen molar-refractivity contribution in [2.75, 3.05) is 9.80 Å². The number of hydrogen-bond donors (Lipinski definition) is 0. The normalized spacial score (nSPS) is 14.7. The van der Waals surface area contributed by atoms with Gasteiger partial charge in [-0.25, -0.2) is 0 Å². The molecule has 74 heavy (non-hydrogen) atoms. The lowest BCUT2D eigenvalue weighted by molar-refractivity contribution is 0.590. The van der Waals surface area contributed by atoms with Gasteiger partial charge in [0.05, 0.1) is 16.9 Å². The van der Waals surface area contributed by atoms with Crippen LogP contribution in [0.3, 0.4) is 0 Å². The lowest BCUT2D eigenvalue weighted by atomic mass is 9.33. The van der Waals surface area contributed by atoms with E-state index < -0.39 is 0 Å². The molecule has 10 aromatic rings. The Labute approximate surface area is 438 Å². The second kappa shape index (κ2) is 15.4. The first-order valence-corrected chi connectivity index (χ1v) is 26.9. The third kappa shape index (κ3) is 6.87. The van der Waals surface area contributed by atoms with Crippen LogP contribution in [0.25, 0.3) is 49.8 Å². The smallest absolute Gasteiger partial charge is 0.252 e. The van der Waals surface area contributed by atoms with Gasteiger partial charge in [0.25, 0.3) is 6.71 Å². The fraction of sp³-hybridized carbons (Fsp3) is 0.275. The van der Waals surface area contributed by atoms with Gasteiger partial charge in [-0.2, -0.15) is 0 Å². The lowest BCUT2D eigenvalue weighted by Crippen LogP contribution is -2.60. The Balaban J connectivity index is 1.22.